The summed E-state index contributed by atoms with van der Waals surface area (Å²) in [6, 6.07) is 11.6. The molecule has 0 N–H and O–H groups in total. The molecular formula is C22H19N7O4S. The van der Waals surface area contributed by atoms with E-state index in [1.807, 2.05) is 17.9 Å². The Bertz CT molecular complexity index is 1490. The van der Waals surface area contributed by atoms with Gasteiger partial charge in [0.25, 0.3) is 5.88 Å². The van der Waals surface area contributed by atoms with Gasteiger partial charge in [0.15, 0.2) is 11.2 Å². The fourth-order valence-corrected chi connectivity index (χ4v) is 4.34. The summed E-state index contributed by atoms with van der Waals surface area (Å²) in [7, 11) is -4.17. The van der Waals surface area contributed by atoms with E-state index in [1.54, 1.807) is 28.8 Å². The zero-order valence-electron chi connectivity index (χ0n) is 18.1. The van der Waals surface area contributed by atoms with E-state index < -0.39 is 10.1 Å². The number of ether oxygens (including phenoxy) is 1. The number of nitrogens with zero attached hydrogens (tertiary/aromatic N) is 7. The molecular weight excluding hydrogens is 458 g/mol. The van der Waals surface area contributed by atoms with E-state index in [1.165, 1.54) is 24.7 Å². The Balaban J connectivity index is 1.63. The van der Waals surface area contributed by atoms with Gasteiger partial charge >= 0.3 is 10.1 Å². The minimum Gasteiger partial charge on any atom is -0.378 e. The van der Waals surface area contributed by atoms with Crippen molar-refractivity contribution in [3.63, 3.8) is 0 Å². The number of pyridine rings is 1. The van der Waals surface area contributed by atoms with Gasteiger partial charge in [-0.05, 0) is 31.2 Å². The van der Waals surface area contributed by atoms with Gasteiger partial charge < -0.3 is 13.8 Å². The number of aryl methyl sites for hydroxylation is 1. The second kappa shape index (κ2) is 8.69. The lowest BCUT2D eigenvalue weighted by molar-refractivity contribution is 0.122. The molecule has 0 bridgehead atoms. The van der Waals surface area contributed by atoms with Crippen molar-refractivity contribution in [2.45, 2.75) is 11.8 Å². The number of hydrogen-bond acceptors (Lipinski definition) is 10. The Morgan fingerprint density at radius 2 is 1.82 bits per heavy atom. The maximum atomic E-state index is 13.0. The monoisotopic (exact) mass is 477 g/mol. The Kier molecular flexibility index (Phi) is 5.56. The average Bonchev–Trinajstić information content (AvgIpc) is 3.29. The summed E-state index contributed by atoms with van der Waals surface area (Å²) in [5.41, 5.74) is 1.82. The number of benzene rings is 1. The first-order chi connectivity index (χ1) is 16.4. The zero-order chi connectivity index (χ0) is 23.7. The largest absolute Gasteiger partial charge is 0.378 e. The lowest BCUT2D eigenvalue weighted by Crippen LogP contribution is -2.37. The van der Waals surface area contributed by atoms with Crippen LogP contribution < -0.4 is 9.08 Å². The SMILES string of the molecule is Cc1ccc(S(=O)(=O)Oc2nc(N3CCOCC3)nc3c2ncn3-c2ccc(C#N)cn2)cc1. The van der Waals surface area contributed by atoms with Gasteiger partial charge in [0.1, 0.15) is 23.1 Å². The van der Waals surface area contributed by atoms with Crippen LogP contribution in [0.3, 0.4) is 0 Å². The fourth-order valence-electron chi connectivity index (χ4n) is 3.45. The molecule has 4 aromatic rings. The van der Waals surface area contributed by atoms with Crippen molar-refractivity contribution in [2.75, 3.05) is 31.2 Å². The second-order valence-electron chi connectivity index (χ2n) is 7.58. The topological polar surface area (TPSA) is 136 Å². The quantitative estimate of drug-likeness (QED) is 0.393. The van der Waals surface area contributed by atoms with E-state index in [-0.39, 0.29) is 16.3 Å². The van der Waals surface area contributed by atoms with Crippen molar-refractivity contribution in [2.24, 2.45) is 0 Å². The Hall–Kier alpha value is -4.08. The lowest BCUT2D eigenvalue weighted by Gasteiger charge is -2.26. The van der Waals surface area contributed by atoms with Gasteiger partial charge in [0, 0.05) is 19.3 Å². The highest BCUT2D eigenvalue weighted by molar-refractivity contribution is 7.87. The zero-order valence-corrected chi connectivity index (χ0v) is 18.9. The van der Waals surface area contributed by atoms with Crippen LogP contribution in [0.25, 0.3) is 17.0 Å². The number of fused-ring (bicyclic) bond motifs is 1. The number of anilines is 1. The molecule has 1 aliphatic rings. The molecule has 5 rings (SSSR count). The van der Waals surface area contributed by atoms with E-state index in [4.69, 9.17) is 14.2 Å². The molecule has 1 aliphatic heterocycles. The van der Waals surface area contributed by atoms with Crippen molar-refractivity contribution >= 4 is 27.2 Å². The van der Waals surface area contributed by atoms with Gasteiger partial charge in [-0.3, -0.25) is 4.57 Å². The standard InChI is InChI=1S/C22H19N7O4S/c1-15-2-5-17(6-3-15)34(30,31)33-21-19-20(26-22(27-21)28-8-10-32-11-9-28)29(14-25-19)18-7-4-16(12-23)13-24-18/h2-7,13-14H,8-11H2,1H3. The van der Waals surface area contributed by atoms with Gasteiger partial charge in [-0.25, -0.2) is 9.97 Å². The van der Waals surface area contributed by atoms with Crippen molar-refractivity contribution in [3.05, 3.63) is 60.0 Å². The third-order valence-corrected chi connectivity index (χ3v) is 6.50. The van der Waals surface area contributed by atoms with Gasteiger partial charge in [0.05, 0.1) is 18.8 Å². The fraction of sp³-hybridized carbons (Fsp3) is 0.227. The summed E-state index contributed by atoms with van der Waals surface area (Å²) in [5, 5.41) is 9.05. The van der Waals surface area contributed by atoms with Crippen LogP contribution in [0.1, 0.15) is 11.1 Å². The molecule has 0 aliphatic carbocycles. The molecule has 1 aromatic carbocycles. The molecule has 0 atom stereocenters. The molecule has 1 fully saturated rings. The lowest BCUT2D eigenvalue weighted by atomic mass is 10.2. The maximum Gasteiger partial charge on any atom is 0.340 e. The number of imidazole rings is 1. The summed E-state index contributed by atoms with van der Waals surface area (Å²) in [5.74, 6) is 0.570. The normalized spacial score (nSPS) is 14.2. The Labute approximate surface area is 195 Å². The molecule has 4 heterocycles. The second-order valence-corrected chi connectivity index (χ2v) is 9.13. The third kappa shape index (κ3) is 4.14. The predicted molar refractivity (Wildman–Crippen MR) is 121 cm³/mol. The highest BCUT2D eigenvalue weighted by Crippen LogP contribution is 2.29. The summed E-state index contributed by atoms with van der Waals surface area (Å²) >= 11 is 0. The minimum atomic E-state index is -4.17. The van der Waals surface area contributed by atoms with Crippen molar-refractivity contribution in [3.8, 4) is 17.8 Å². The highest BCUT2D eigenvalue weighted by atomic mass is 32.2. The molecule has 0 spiro atoms. The van der Waals surface area contributed by atoms with Gasteiger partial charge in [-0.15, -0.1) is 0 Å². The summed E-state index contributed by atoms with van der Waals surface area (Å²) in [6.45, 7) is 3.94. The van der Waals surface area contributed by atoms with E-state index >= 15 is 0 Å². The van der Waals surface area contributed by atoms with Crippen LogP contribution in [0.5, 0.6) is 5.88 Å². The van der Waals surface area contributed by atoms with E-state index in [9.17, 15) is 8.42 Å². The molecule has 12 heteroatoms. The van der Waals surface area contributed by atoms with Gasteiger partial charge in [-0.1, -0.05) is 17.7 Å². The van der Waals surface area contributed by atoms with Crippen LogP contribution in [0.2, 0.25) is 0 Å². The number of aromatic nitrogens is 5. The smallest absolute Gasteiger partial charge is 0.340 e. The van der Waals surface area contributed by atoms with Gasteiger partial charge in [-0.2, -0.15) is 23.6 Å². The first-order valence-corrected chi connectivity index (χ1v) is 11.8. The molecule has 34 heavy (non-hydrogen) atoms. The van der Waals surface area contributed by atoms with Crippen LogP contribution in [0.4, 0.5) is 5.95 Å². The first kappa shape index (κ1) is 21.7. The van der Waals surface area contributed by atoms with Crippen LogP contribution in [-0.2, 0) is 14.9 Å². The molecule has 172 valence electrons. The predicted octanol–water partition coefficient (Wildman–Crippen LogP) is 1.99. The maximum absolute atomic E-state index is 13.0. The number of hydrogen-bond donors (Lipinski definition) is 0. The van der Waals surface area contributed by atoms with E-state index in [0.717, 1.165) is 5.56 Å². The molecule has 3 aromatic heterocycles. The van der Waals surface area contributed by atoms with Crippen molar-refractivity contribution in [1.82, 2.24) is 24.5 Å². The first-order valence-electron chi connectivity index (χ1n) is 10.4. The van der Waals surface area contributed by atoms with Crippen molar-refractivity contribution in [1.29, 1.82) is 5.26 Å². The summed E-state index contributed by atoms with van der Waals surface area (Å²) in [6.07, 6.45) is 2.90. The van der Waals surface area contributed by atoms with Gasteiger partial charge in [0.2, 0.25) is 5.95 Å². The molecule has 0 radical (unpaired) electrons. The Morgan fingerprint density at radius 3 is 2.50 bits per heavy atom. The minimum absolute atomic E-state index is 0.00553. The van der Waals surface area contributed by atoms with Crippen molar-refractivity contribution < 1.29 is 17.3 Å². The van der Waals surface area contributed by atoms with Crippen LogP contribution >= 0.6 is 0 Å². The molecule has 0 unspecified atom stereocenters. The van der Waals surface area contributed by atoms with Crippen LogP contribution in [0.15, 0.2) is 53.8 Å². The van der Waals surface area contributed by atoms with Crippen LogP contribution in [0, 0.1) is 18.3 Å². The molecule has 11 nitrogen and oxygen atoms in total. The number of nitriles is 1. The average molecular weight is 478 g/mol. The van der Waals surface area contributed by atoms with Crippen LogP contribution in [-0.4, -0.2) is 59.2 Å². The van der Waals surface area contributed by atoms with E-state index in [0.29, 0.717) is 49.3 Å². The molecule has 1 saturated heterocycles. The number of morpholine rings is 1. The molecule has 0 saturated carbocycles. The third-order valence-electron chi connectivity index (χ3n) is 5.27. The van der Waals surface area contributed by atoms with E-state index in [2.05, 4.69) is 19.9 Å². The summed E-state index contributed by atoms with van der Waals surface area (Å²) < 4.78 is 38.5. The number of rotatable bonds is 5. The Morgan fingerprint density at radius 1 is 1.06 bits per heavy atom. The highest BCUT2D eigenvalue weighted by Gasteiger charge is 2.25. The summed E-state index contributed by atoms with van der Waals surface area (Å²) in [4.78, 5) is 19.5. The molecule has 0 amide bonds.